The van der Waals surface area contributed by atoms with Crippen molar-refractivity contribution in [2.24, 2.45) is 5.73 Å². The molecule has 6 nitrogen and oxygen atoms in total. The Morgan fingerprint density at radius 1 is 1.25 bits per heavy atom. The van der Waals surface area contributed by atoms with E-state index in [1.165, 1.54) is 0 Å². The number of hydrogen-bond acceptors (Lipinski definition) is 5. The van der Waals surface area contributed by atoms with Crippen molar-refractivity contribution in [2.75, 3.05) is 5.32 Å². The number of carbonyl (C=O) groups excluding carboxylic acids is 1. The second kappa shape index (κ2) is 6.75. The molecule has 0 radical (unpaired) electrons. The summed E-state index contributed by atoms with van der Waals surface area (Å²) in [5.74, 6) is 2.94. The number of pyridine rings is 1. The molecule has 1 aromatic carbocycles. The molecule has 0 aliphatic rings. The van der Waals surface area contributed by atoms with Crippen LogP contribution < -0.4 is 11.1 Å². The number of hydrogen-bond donors (Lipinski definition) is 2. The Hall–Kier alpha value is -3.46. The largest absolute Gasteiger partial charge is 0.368 e. The number of terminal acetylenes is 1. The Morgan fingerprint density at radius 3 is 2.79 bits per heavy atom. The molecule has 1 amide bonds. The molecule has 24 heavy (non-hydrogen) atoms. The number of para-hydroxylation sites is 1. The third-order valence-electron chi connectivity index (χ3n) is 3.50. The minimum absolute atomic E-state index is 0.176. The van der Waals surface area contributed by atoms with Crippen LogP contribution in [0.1, 0.15) is 6.42 Å². The lowest BCUT2D eigenvalue weighted by molar-refractivity contribution is -0.118. The van der Waals surface area contributed by atoms with E-state index >= 15 is 0 Å². The van der Waals surface area contributed by atoms with Crippen molar-refractivity contribution in [3.05, 3.63) is 48.8 Å². The van der Waals surface area contributed by atoms with Crippen LogP contribution in [-0.4, -0.2) is 26.9 Å². The van der Waals surface area contributed by atoms with Gasteiger partial charge in [-0.25, -0.2) is 9.97 Å². The first kappa shape index (κ1) is 15.4. The Labute approximate surface area is 139 Å². The Bertz CT molecular complexity index is 918. The summed E-state index contributed by atoms with van der Waals surface area (Å²) in [5, 5.41) is 3.83. The highest BCUT2D eigenvalue weighted by molar-refractivity contribution is 5.93. The second-order valence-electron chi connectivity index (χ2n) is 5.16. The zero-order valence-electron chi connectivity index (χ0n) is 12.8. The Balaban J connectivity index is 2.11. The quantitative estimate of drug-likeness (QED) is 0.702. The predicted octanol–water partition coefficient (Wildman–Crippen LogP) is 1.98. The number of nitrogens with two attached hydrogens (primary N) is 1. The van der Waals surface area contributed by atoms with Crippen LogP contribution in [0.15, 0.2) is 48.8 Å². The predicted molar refractivity (Wildman–Crippen MR) is 92.8 cm³/mol. The number of carbonyl (C=O) groups is 1. The Morgan fingerprint density at radius 2 is 2.08 bits per heavy atom. The average Bonchev–Trinajstić information content (AvgIpc) is 2.61. The van der Waals surface area contributed by atoms with Crippen molar-refractivity contribution < 1.29 is 4.79 Å². The number of primary amides is 1. The number of fused-ring (bicyclic) bond motifs is 1. The third kappa shape index (κ3) is 3.15. The minimum Gasteiger partial charge on any atom is -0.368 e. The fourth-order valence-corrected chi connectivity index (χ4v) is 2.32. The summed E-state index contributed by atoms with van der Waals surface area (Å²) in [6, 6.07) is 10.5. The van der Waals surface area contributed by atoms with E-state index in [0.29, 0.717) is 11.6 Å². The number of rotatable bonds is 5. The summed E-state index contributed by atoms with van der Waals surface area (Å²) < 4.78 is 0. The van der Waals surface area contributed by atoms with Crippen LogP contribution in [0.4, 0.5) is 5.82 Å². The Kier molecular flexibility index (Phi) is 4.34. The number of amides is 1. The average molecular weight is 317 g/mol. The molecule has 3 aromatic rings. The summed E-state index contributed by atoms with van der Waals surface area (Å²) in [4.78, 5) is 24.8. The van der Waals surface area contributed by atoms with Crippen molar-refractivity contribution in [2.45, 2.75) is 12.5 Å². The summed E-state index contributed by atoms with van der Waals surface area (Å²) in [5.41, 5.74) is 6.94. The molecule has 0 fully saturated rings. The number of benzene rings is 1. The van der Waals surface area contributed by atoms with E-state index in [9.17, 15) is 4.79 Å². The van der Waals surface area contributed by atoms with Gasteiger partial charge in [0.25, 0.3) is 0 Å². The van der Waals surface area contributed by atoms with Gasteiger partial charge >= 0.3 is 0 Å². The van der Waals surface area contributed by atoms with Gasteiger partial charge in [-0.2, -0.15) is 0 Å². The fourth-order valence-electron chi connectivity index (χ4n) is 2.32. The van der Waals surface area contributed by atoms with Crippen molar-refractivity contribution in [3.63, 3.8) is 0 Å². The highest BCUT2D eigenvalue weighted by Crippen LogP contribution is 2.25. The molecule has 3 rings (SSSR count). The van der Waals surface area contributed by atoms with E-state index in [0.717, 1.165) is 16.5 Å². The summed E-state index contributed by atoms with van der Waals surface area (Å²) in [6.45, 7) is 0. The molecule has 2 heterocycles. The second-order valence-corrected chi connectivity index (χ2v) is 5.16. The van der Waals surface area contributed by atoms with E-state index in [2.05, 4.69) is 26.2 Å². The molecular formula is C18H15N5O. The minimum atomic E-state index is -0.699. The highest BCUT2D eigenvalue weighted by Gasteiger charge is 2.17. The molecule has 0 saturated heterocycles. The van der Waals surface area contributed by atoms with Gasteiger partial charge in [0.1, 0.15) is 11.9 Å². The molecule has 0 aliphatic carbocycles. The first-order chi connectivity index (χ1) is 11.7. The van der Waals surface area contributed by atoms with Crippen molar-refractivity contribution in [1.82, 2.24) is 15.0 Å². The lowest BCUT2D eigenvalue weighted by atomic mass is 10.1. The summed E-state index contributed by atoms with van der Waals surface area (Å²) in [6.07, 6.45) is 8.85. The van der Waals surface area contributed by atoms with Crippen LogP contribution in [0.25, 0.3) is 22.3 Å². The van der Waals surface area contributed by atoms with Crippen molar-refractivity contribution in [3.8, 4) is 23.7 Å². The van der Waals surface area contributed by atoms with E-state index in [1.807, 2.05) is 36.4 Å². The van der Waals surface area contributed by atoms with E-state index in [4.69, 9.17) is 12.2 Å². The number of aromatic nitrogens is 3. The molecule has 2 aromatic heterocycles. The first-order valence-electron chi connectivity index (χ1n) is 7.35. The molecule has 1 atom stereocenters. The van der Waals surface area contributed by atoms with Crippen LogP contribution in [0.2, 0.25) is 0 Å². The number of nitrogens with zero attached hydrogens (tertiary/aromatic N) is 3. The van der Waals surface area contributed by atoms with Gasteiger partial charge in [0.05, 0.1) is 5.52 Å². The molecule has 118 valence electrons. The van der Waals surface area contributed by atoms with Crippen LogP contribution >= 0.6 is 0 Å². The molecular weight excluding hydrogens is 302 g/mol. The molecule has 3 N–H and O–H groups in total. The zero-order chi connectivity index (χ0) is 16.9. The van der Waals surface area contributed by atoms with Crippen LogP contribution in [0.5, 0.6) is 0 Å². The summed E-state index contributed by atoms with van der Waals surface area (Å²) >= 11 is 0. The van der Waals surface area contributed by atoms with Gasteiger partial charge in [0, 0.05) is 29.8 Å². The summed E-state index contributed by atoms with van der Waals surface area (Å²) in [7, 11) is 0. The van der Waals surface area contributed by atoms with Crippen LogP contribution in [-0.2, 0) is 4.79 Å². The maximum Gasteiger partial charge on any atom is 0.240 e. The van der Waals surface area contributed by atoms with Gasteiger partial charge < -0.3 is 11.1 Å². The monoisotopic (exact) mass is 317 g/mol. The van der Waals surface area contributed by atoms with Gasteiger partial charge in [-0.1, -0.05) is 12.1 Å². The maximum absolute atomic E-state index is 11.6. The normalized spacial score (nSPS) is 11.6. The zero-order valence-corrected chi connectivity index (χ0v) is 12.8. The highest BCUT2D eigenvalue weighted by atomic mass is 16.1. The van der Waals surface area contributed by atoms with Crippen LogP contribution in [0, 0.1) is 12.3 Å². The van der Waals surface area contributed by atoms with Crippen LogP contribution in [0.3, 0.4) is 0 Å². The topological polar surface area (TPSA) is 93.8 Å². The van der Waals surface area contributed by atoms with Gasteiger partial charge in [-0.3, -0.25) is 9.78 Å². The van der Waals surface area contributed by atoms with Gasteiger partial charge in [0.15, 0.2) is 5.82 Å². The van der Waals surface area contributed by atoms with Gasteiger partial charge in [-0.15, -0.1) is 12.3 Å². The van der Waals surface area contributed by atoms with Crippen molar-refractivity contribution >= 4 is 22.6 Å². The van der Waals surface area contributed by atoms with Gasteiger partial charge in [0.2, 0.25) is 5.91 Å². The molecule has 0 unspecified atom stereocenters. The lowest BCUT2D eigenvalue weighted by Crippen LogP contribution is -2.35. The third-order valence-corrected chi connectivity index (χ3v) is 3.50. The number of anilines is 1. The number of nitrogens with one attached hydrogen (secondary N) is 1. The van der Waals surface area contributed by atoms with E-state index in [-0.39, 0.29) is 6.42 Å². The van der Waals surface area contributed by atoms with Gasteiger partial charge in [-0.05, 0) is 24.3 Å². The standard InChI is InChI=1S/C18H15N5O/c1-2-6-15(16(19)24)22-18-13-8-3-4-9-14(13)21-17(23-18)12-7-5-10-20-11-12/h1,3-5,7-11,15H,6H2,(H2,19,24)(H,21,22,23)/t15-/m1/s1. The van der Waals surface area contributed by atoms with E-state index < -0.39 is 11.9 Å². The fraction of sp³-hybridized carbons (Fsp3) is 0.111. The smallest absolute Gasteiger partial charge is 0.240 e. The molecule has 0 aliphatic heterocycles. The van der Waals surface area contributed by atoms with E-state index in [1.54, 1.807) is 12.4 Å². The maximum atomic E-state index is 11.6. The SMILES string of the molecule is C#CC[C@@H](Nc1nc(-c2cccnc2)nc2ccccc12)C(N)=O. The lowest BCUT2D eigenvalue weighted by Gasteiger charge is -2.16. The molecule has 6 heteroatoms. The van der Waals surface area contributed by atoms with Crippen molar-refractivity contribution in [1.29, 1.82) is 0 Å². The molecule has 0 bridgehead atoms. The first-order valence-corrected chi connectivity index (χ1v) is 7.35. The molecule has 0 saturated carbocycles. The molecule has 0 spiro atoms.